The van der Waals surface area contributed by atoms with Crippen molar-refractivity contribution in [1.29, 1.82) is 0 Å². The van der Waals surface area contributed by atoms with Gasteiger partial charge in [0.2, 0.25) is 11.8 Å². The average molecular weight is 273 g/mol. The van der Waals surface area contributed by atoms with Gasteiger partial charge in [0.15, 0.2) is 5.82 Å². The molecule has 0 aromatic carbocycles. The number of nitrogens with zero attached hydrogens (tertiary/aromatic N) is 3. The van der Waals surface area contributed by atoms with Crippen LogP contribution >= 0.6 is 0 Å². The number of hydrogen-bond donors (Lipinski definition) is 2. The van der Waals surface area contributed by atoms with Crippen LogP contribution < -0.4 is 10.6 Å². The second-order valence-corrected chi connectivity index (χ2v) is 4.64. The molecule has 1 unspecified atom stereocenters. The third-order valence-electron chi connectivity index (χ3n) is 3.13. The molecule has 1 amide bonds. The zero-order chi connectivity index (χ0) is 13.8. The molecule has 3 heterocycles. The lowest BCUT2D eigenvalue weighted by atomic mass is 10.1. The Morgan fingerprint density at radius 1 is 1.30 bits per heavy atom. The maximum atomic E-state index is 11.6. The molecule has 3 rings (SSSR count). The Labute approximate surface area is 115 Å². The number of carbonyl (C=O) groups excluding carboxylic acids is 1. The van der Waals surface area contributed by atoms with Gasteiger partial charge in [-0.3, -0.25) is 9.78 Å². The van der Waals surface area contributed by atoms with Gasteiger partial charge in [0.25, 0.3) is 0 Å². The van der Waals surface area contributed by atoms with Crippen molar-refractivity contribution in [2.75, 3.05) is 13.1 Å². The summed E-state index contributed by atoms with van der Waals surface area (Å²) < 4.78 is 5.19. The molecule has 0 saturated carbocycles. The highest BCUT2D eigenvalue weighted by molar-refractivity contribution is 5.82. The summed E-state index contributed by atoms with van der Waals surface area (Å²) in [4.78, 5) is 19.9. The van der Waals surface area contributed by atoms with Crippen LogP contribution in [0.5, 0.6) is 0 Å². The molecule has 7 nitrogen and oxygen atoms in total. The zero-order valence-corrected chi connectivity index (χ0v) is 10.9. The van der Waals surface area contributed by atoms with Gasteiger partial charge in [-0.15, -0.1) is 0 Å². The lowest BCUT2D eigenvalue weighted by Gasteiger charge is -2.21. The quantitative estimate of drug-likeness (QED) is 0.793. The Kier molecular flexibility index (Phi) is 3.69. The Balaban J connectivity index is 1.63. The molecule has 0 aliphatic carbocycles. The Morgan fingerprint density at radius 2 is 2.15 bits per heavy atom. The average Bonchev–Trinajstić information content (AvgIpc) is 2.90. The maximum Gasteiger partial charge on any atom is 0.237 e. The minimum absolute atomic E-state index is 0.0230. The van der Waals surface area contributed by atoms with E-state index in [4.69, 9.17) is 4.52 Å². The molecule has 1 fully saturated rings. The summed E-state index contributed by atoms with van der Waals surface area (Å²) in [5, 5.41) is 9.86. The fraction of sp³-hybridized carbons (Fsp3) is 0.385. The Hall–Kier alpha value is -2.28. The van der Waals surface area contributed by atoms with Gasteiger partial charge in [-0.2, -0.15) is 4.98 Å². The molecule has 1 atom stereocenters. The number of pyridine rings is 1. The molecule has 2 aromatic heterocycles. The number of piperazine rings is 1. The van der Waals surface area contributed by atoms with Crippen LogP contribution in [0.3, 0.4) is 0 Å². The van der Waals surface area contributed by atoms with Crippen molar-refractivity contribution in [1.82, 2.24) is 25.8 Å². The van der Waals surface area contributed by atoms with Gasteiger partial charge < -0.3 is 15.2 Å². The fourth-order valence-electron chi connectivity index (χ4n) is 2.12. The summed E-state index contributed by atoms with van der Waals surface area (Å²) in [6, 6.07) is 3.52. The number of carbonyl (C=O) groups is 1. The third-order valence-corrected chi connectivity index (χ3v) is 3.13. The van der Waals surface area contributed by atoms with E-state index in [-0.39, 0.29) is 11.9 Å². The van der Waals surface area contributed by atoms with Gasteiger partial charge in [0.1, 0.15) is 0 Å². The van der Waals surface area contributed by atoms with Crippen molar-refractivity contribution in [3.8, 4) is 0 Å². The highest BCUT2D eigenvalue weighted by Crippen LogP contribution is 2.08. The lowest BCUT2D eigenvalue weighted by molar-refractivity contribution is -0.124. The molecule has 7 heteroatoms. The van der Waals surface area contributed by atoms with E-state index in [1.807, 2.05) is 12.1 Å². The third kappa shape index (κ3) is 3.00. The molecule has 1 aliphatic heterocycles. The van der Waals surface area contributed by atoms with Crippen molar-refractivity contribution in [2.45, 2.75) is 18.9 Å². The number of amides is 1. The van der Waals surface area contributed by atoms with Crippen LogP contribution in [0.4, 0.5) is 0 Å². The minimum Gasteiger partial charge on any atom is -0.353 e. The molecule has 2 aromatic rings. The predicted molar refractivity (Wildman–Crippen MR) is 69.8 cm³/mol. The molecule has 0 radical (unpaired) electrons. The van der Waals surface area contributed by atoms with Crippen LogP contribution in [0.1, 0.15) is 17.3 Å². The normalized spacial score (nSPS) is 18.8. The molecule has 0 bridgehead atoms. The van der Waals surface area contributed by atoms with Crippen LogP contribution in [-0.2, 0) is 17.6 Å². The van der Waals surface area contributed by atoms with Crippen molar-refractivity contribution in [2.24, 2.45) is 0 Å². The first-order valence-corrected chi connectivity index (χ1v) is 6.53. The topological polar surface area (TPSA) is 92.9 Å². The summed E-state index contributed by atoms with van der Waals surface area (Å²) in [5.41, 5.74) is 1.07. The first kappa shape index (κ1) is 12.7. The summed E-state index contributed by atoms with van der Waals surface area (Å²) in [6.45, 7) is 1.42. The summed E-state index contributed by atoms with van der Waals surface area (Å²) in [7, 11) is 0. The van der Waals surface area contributed by atoms with Crippen molar-refractivity contribution in [3.05, 3.63) is 41.8 Å². The van der Waals surface area contributed by atoms with Crippen LogP contribution in [0.15, 0.2) is 29.0 Å². The van der Waals surface area contributed by atoms with Crippen molar-refractivity contribution in [3.63, 3.8) is 0 Å². The highest BCUT2D eigenvalue weighted by atomic mass is 16.5. The standard InChI is InChI=1S/C13H15N5O2/c19-13-10(15-5-6-16-13)8-12-17-11(18-20-12)7-9-1-3-14-4-2-9/h1-4,10,15H,5-8H2,(H,16,19). The second kappa shape index (κ2) is 5.79. The molecule has 0 spiro atoms. The van der Waals surface area contributed by atoms with E-state index in [9.17, 15) is 4.79 Å². The van der Waals surface area contributed by atoms with E-state index in [2.05, 4.69) is 25.8 Å². The van der Waals surface area contributed by atoms with E-state index in [0.717, 1.165) is 12.1 Å². The molecule has 104 valence electrons. The fourth-order valence-corrected chi connectivity index (χ4v) is 2.12. The lowest BCUT2D eigenvalue weighted by Crippen LogP contribution is -2.53. The molecule has 2 N–H and O–H groups in total. The minimum atomic E-state index is -0.294. The summed E-state index contributed by atoms with van der Waals surface area (Å²) >= 11 is 0. The van der Waals surface area contributed by atoms with Crippen molar-refractivity contribution >= 4 is 5.91 Å². The molecule has 20 heavy (non-hydrogen) atoms. The molecular weight excluding hydrogens is 258 g/mol. The van der Waals surface area contributed by atoms with Crippen LogP contribution in [0, 0.1) is 0 Å². The highest BCUT2D eigenvalue weighted by Gasteiger charge is 2.24. The largest absolute Gasteiger partial charge is 0.353 e. The van der Waals surface area contributed by atoms with Crippen molar-refractivity contribution < 1.29 is 9.32 Å². The first-order valence-electron chi connectivity index (χ1n) is 6.53. The first-order chi connectivity index (χ1) is 9.81. The van der Waals surface area contributed by atoms with Gasteiger partial charge in [-0.1, -0.05) is 5.16 Å². The molecular formula is C13H15N5O2. The van der Waals surface area contributed by atoms with Gasteiger partial charge in [-0.25, -0.2) is 0 Å². The Bertz CT molecular complexity index is 583. The van der Waals surface area contributed by atoms with Crippen LogP contribution in [0.25, 0.3) is 0 Å². The predicted octanol–water partition coefficient (Wildman–Crippen LogP) is -0.314. The van der Waals surface area contributed by atoms with E-state index >= 15 is 0 Å². The number of hydrogen-bond acceptors (Lipinski definition) is 6. The van der Waals surface area contributed by atoms with Gasteiger partial charge in [0, 0.05) is 31.9 Å². The summed E-state index contributed by atoms with van der Waals surface area (Å²) in [6.07, 6.45) is 4.46. The molecule has 1 saturated heterocycles. The van der Waals surface area contributed by atoms with Crippen LogP contribution in [0.2, 0.25) is 0 Å². The van der Waals surface area contributed by atoms with E-state index < -0.39 is 0 Å². The Morgan fingerprint density at radius 3 is 2.95 bits per heavy atom. The number of nitrogens with one attached hydrogen (secondary N) is 2. The smallest absolute Gasteiger partial charge is 0.237 e. The van der Waals surface area contributed by atoms with Gasteiger partial charge in [0.05, 0.1) is 12.5 Å². The summed E-state index contributed by atoms with van der Waals surface area (Å²) in [5.74, 6) is 1.07. The SMILES string of the molecule is O=C1NCCNC1Cc1nc(Cc2ccncc2)no1. The van der Waals surface area contributed by atoms with E-state index in [1.165, 1.54) is 0 Å². The zero-order valence-electron chi connectivity index (χ0n) is 10.9. The van der Waals surface area contributed by atoms with Gasteiger partial charge in [-0.05, 0) is 17.7 Å². The van der Waals surface area contributed by atoms with Crippen LogP contribution in [-0.4, -0.2) is 40.2 Å². The number of rotatable bonds is 4. The number of aromatic nitrogens is 3. The van der Waals surface area contributed by atoms with E-state index in [0.29, 0.717) is 31.1 Å². The van der Waals surface area contributed by atoms with Gasteiger partial charge >= 0.3 is 0 Å². The van der Waals surface area contributed by atoms with E-state index in [1.54, 1.807) is 12.4 Å². The second-order valence-electron chi connectivity index (χ2n) is 4.64. The monoisotopic (exact) mass is 273 g/mol. The molecule has 1 aliphatic rings. The maximum absolute atomic E-state index is 11.6.